The molecule has 2 unspecified atom stereocenters. The molecule has 8 rings (SSSR count). The van der Waals surface area contributed by atoms with Gasteiger partial charge in [0.05, 0.1) is 22.5 Å². The van der Waals surface area contributed by atoms with E-state index >= 15 is 0 Å². The third kappa shape index (κ3) is 13.9. The number of piperazine rings is 1. The molecule has 4 aromatic rings. The first kappa shape index (κ1) is 59.9. The van der Waals surface area contributed by atoms with Crippen LogP contribution in [0.2, 0.25) is 0 Å². The molecule has 430 valence electrons. The van der Waals surface area contributed by atoms with Crippen LogP contribution in [-0.2, 0) is 39.0 Å². The van der Waals surface area contributed by atoms with Crippen molar-refractivity contribution in [1.29, 1.82) is 0 Å². The van der Waals surface area contributed by atoms with Crippen molar-refractivity contribution >= 4 is 82.2 Å². The van der Waals surface area contributed by atoms with E-state index in [4.69, 9.17) is 0 Å². The molecule has 5 N–H and O–H groups in total. The lowest BCUT2D eigenvalue weighted by Crippen LogP contribution is -2.66. The van der Waals surface area contributed by atoms with Crippen molar-refractivity contribution in [2.45, 2.75) is 128 Å². The van der Waals surface area contributed by atoms with Gasteiger partial charge in [-0.05, 0) is 84.9 Å². The average molecular weight is 1150 g/mol. The fourth-order valence-corrected chi connectivity index (χ4v) is 12.1. The number of thiophene rings is 1. The Morgan fingerprint density at radius 2 is 1.54 bits per heavy atom. The molecule has 4 aliphatic heterocycles. The molecule has 5 heterocycles. The Labute approximate surface area is 471 Å². The highest BCUT2D eigenvalue weighted by molar-refractivity contribution is 7.52. The van der Waals surface area contributed by atoms with Crippen molar-refractivity contribution in [3.8, 4) is 11.8 Å². The van der Waals surface area contributed by atoms with Crippen LogP contribution < -0.4 is 16.0 Å². The van der Waals surface area contributed by atoms with Gasteiger partial charge in [0.15, 0.2) is 0 Å². The summed E-state index contributed by atoms with van der Waals surface area (Å²) in [6.45, 7) is 6.10. The number of likely N-dealkylation sites (tertiary alicyclic amines) is 1. The number of piperidine rings is 2. The maximum atomic E-state index is 14.9. The third-order valence-corrected chi connectivity index (χ3v) is 17.3. The number of carbonyl (C=O) groups excluding carboxylic acids is 9. The van der Waals surface area contributed by atoms with Gasteiger partial charge in [-0.25, -0.2) is 0 Å². The van der Waals surface area contributed by atoms with Gasteiger partial charge in [-0.3, -0.25) is 57.9 Å². The molecule has 0 aliphatic carbocycles. The van der Waals surface area contributed by atoms with Crippen LogP contribution in [0, 0.1) is 17.3 Å². The van der Waals surface area contributed by atoms with E-state index < -0.39 is 96.0 Å². The van der Waals surface area contributed by atoms with E-state index in [-0.39, 0.29) is 65.7 Å². The van der Waals surface area contributed by atoms with E-state index in [2.05, 4.69) is 27.8 Å². The number of rotatable bonds is 18. The number of hydrogen-bond acceptors (Lipinski definition) is 11. The number of unbranched alkanes of at least 4 members (excludes halogenated alkanes) is 6. The van der Waals surface area contributed by atoms with E-state index in [1.54, 1.807) is 37.8 Å². The number of nitrogens with zero attached hydrogens (tertiary/aromatic N) is 4. The van der Waals surface area contributed by atoms with Crippen molar-refractivity contribution in [3.05, 3.63) is 105 Å². The van der Waals surface area contributed by atoms with Crippen LogP contribution in [-0.4, -0.2) is 140 Å². The molecule has 4 aliphatic rings. The molecule has 0 saturated carbocycles. The lowest BCUT2D eigenvalue weighted by Gasteiger charge is -2.45. The third-order valence-electron chi connectivity index (χ3n) is 15.2. The largest absolute Gasteiger partial charge is 0.399 e. The molecular weight excluding hydrogens is 1090 g/mol. The molecule has 0 spiro atoms. The highest BCUT2D eigenvalue weighted by Gasteiger charge is 2.51. The minimum atomic E-state index is -5.86. The minimum absolute atomic E-state index is 0.00675. The zero-order valence-electron chi connectivity index (χ0n) is 45.3. The lowest BCUT2D eigenvalue weighted by molar-refractivity contribution is -0.155. The summed E-state index contributed by atoms with van der Waals surface area (Å²) < 4.78 is 41.2. The molecule has 4 atom stereocenters. The van der Waals surface area contributed by atoms with Gasteiger partial charge in [0.25, 0.3) is 17.7 Å². The number of amides is 9. The molecule has 9 amide bonds. The molecule has 3 fully saturated rings. The van der Waals surface area contributed by atoms with Crippen molar-refractivity contribution in [2.24, 2.45) is 5.41 Å². The number of alkyl halides is 2. The van der Waals surface area contributed by atoms with E-state index in [1.165, 1.54) is 28.0 Å². The van der Waals surface area contributed by atoms with Crippen LogP contribution in [0.3, 0.4) is 0 Å². The van der Waals surface area contributed by atoms with E-state index in [1.807, 2.05) is 30.3 Å². The van der Waals surface area contributed by atoms with Crippen molar-refractivity contribution < 1.29 is 66.3 Å². The first-order chi connectivity index (χ1) is 38.4. The van der Waals surface area contributed by atoms with Crippen LogP contribution in [0.25, 0.3) is 10.1 Å². The van der Waals surface area contributed by atoms with Crippen molar-refractivity contribution in [2.75, 3.05) is 39.3 Å². The Balaban J connectivity index is 0.821. The predicted octanol–water partition coefficient (Wildman–Crippen LogP) is 6.41. The van der Waals surface area contributed by atoms with Gasteiger partial charge in [0.2, 0.25) is 35.4 Å². The fourth-order valence-electron chi connectivity index (χ4n) is 10.7. The summed E-state index contributed by atoms with van der Waals surface area (Å²) >= 11 is 0.937. The van der Waals surface area contributed by atoms with Gasteiger partial charge in [-0.2, -0.15) is 8.78 Å². The lowest BCUT2D eigenvalue weighted by atomic mass is 9.85. The molecule has 3 aromatic carbocycles. The second-order valence-electron chi connectivity index (χ2n) is 22.0. The SMILES string of the molecule is CC(C)(C)[C@H](NC(=O)c1cc2cc(C(F)(F)P(=O)(O)O)ccc2s1)C(=O)N1CCN(C(=O)CC(=O)NCCCCCCCCC#Cc2ccc3c(c2)C(=O)N(C2CCC(=O)NC2=O)C3=O)C[C@H]1C(=O)N1CCCC(c2ccccc2)C1. The Kier molecular flexibility index (Phi) is 18.7. The molecule has 0 radical (unpaired) electrons. The van der Waals surface area contributed by atoms with Gasteiger partial charge in [-0.1, -0.05) is 94.7 Å². The fraction of sp³-hybridized carbons (Fsp3) is 0.466. The van der Waals surface area contributed by atoms with E-state index in [9.17, 15) is 66.3 Å². The molecule has 23 heteroatoms. The maximum Gasteiger partial charge on any atom is 0.399 e. The van der Waals surface area contributed by atoms with Crippen LogP contribution in [0.4, 0.5) is 8.78 Å². The minimum Gasteiger partial charge on any atom is -0.356 e. The topological polar surface area (TPSA) is 260 Å². The predicted molar refractivity (Wildman–Crippen MR) is 295 cm³/mol. The first-order valence-corrected chi connectivity index (χ1v) is 29.7. The van der Waals surface area contributed by atoms with Gasteiger partial charge < -0.3 is 35.1 Å². The number of fused-ring (bicyclic) bond motifs is 2. The number of hydrogen-bond donors (Lipinski definition) is 5. The summed E-state index contributed by atoms with van der Waals surface area (Å²) in [7, 11) is -5.86. The number of carbonyl (C=O) groups is 9. The summed E-state index contributed by atoms with van der Waals surface area (Å²) in [4.78, 5) is 145. The Hall–Kier alpha value is -7.18. The summed E-state index contributed by atoms with van der Waals surface area (Å²) in [5.41, 5.74) is -4.32. The van der Waals surface area contributed by atoms with E-state index in [0.29, 0.717) is 49.2 Å². The summed E-state index contributed by atoms with van der Waals surface area (Å²) in [6, 6.07) is 15.4. The van der Waals surface area contributed by atoms with Gasteiger partial charge in [-0.15, -0.1) is 11.3 Å². The van der Waals surface area contributed by atoms with E-state index in [0.717, 1.165) is 72.5 Å². The highest BCUT2D eigenvalue weighted by Crippen LogP contribution is 2.59. The molecule has 19 nitrogen and oxygen atoms in total. The van der Waals surface area contributed by atoms with Gasteiger partial charge in [0, 0.05) is 67.3 Å². The standard InChI is InChI=1S/C58H66F2N7O12PS/c1-57(2,3)50(63-52(72)46-32-39-31-40(21-24-45(39)81-46)58(59,60)80(77,78)79)56(76)66-29-28-64(35-44(66)55(75)65-27-15-19-38(34-65)37-17-12-10-13-18-37)49(70)33-48(69)61-26-14-9-7-5-4-6-8-11-16-36-20-22-41-42(30-36)54(74)67(53(41)73)43-23-25-47(68)62-51(43)71/h10,12-13,17-18,20-22,24,30-32,38,43-44,50H,4-9,14-15,19,23,25-29,33-35H2,1-3H3,(H,61,69)(H,63,72)(H,62,68,71)(H2,77,78,79)/t38?,43?,44-,50+/m0/s1. The van der Waals surface area contributed by atoms with Gasteiger partial charge in [0.1, 0.15) is 24.5 Å². The zero-order valence-corrected chi connectivity index (χ0v) is 47.1. The molecule has 3 saturated heterocycles. The quantitative estimate of drug-likeness (QED) is 0.0238. The smallest absolute Gasteiger partial charge is 0.356 e. The highest BCUT2D eigenvalue weighted by atomic mass is 32.1. The summed E-state index contributed by atoms with van der Waals surface area (Å²) in [6.07, 6.45) is 6.92. The molecule has 0 bridgehead atoms. The molecular formula is C58H66F2N7O12PS. The van der Waals surface area contributed by atoms with Gasteiger partial charge >= 0.3 is 13.3 Å². The monoisotopic (exact) mass is 1150 g/mol. The molecule has 81 heavy (non-hydrogen) atoms. The number of nitrogens with one attached hydrogen (secondary N) is 3. The van der Waals surface area contributed by atoms with Crippen LogP contribution in [0.5, 0.6) is 0 Å². The van der Waals surface area contributed by atoms with Crippen molar-refractivity contribution in [1.82, 2.24) is 35.6 Å². The number of halogens is 2. The van der Waals surface area contributed by atoms with Crippen LogP contribution in [0.1, 0.15) is 151 Å². The second-order valence-corrected chi connectivity index (χ2v) is 24.8. The summed E-state index contributed by atoms with van der Waals surface area (Å²) in [5, 5.41) is 7.96. The normalized spacial score (nSPS) is 19.2. The average Bonchev–Trinajstić information content (AvgIpc) is 3.98. The van der Waals surface area contributed by atoms with Crippen LogP contribution >= 0.6 is 18.9 Å². The maximum absolute atomic E-state index is 14.9. The second kappa shape index (κ2) is 25.3. The molecule has 1 aromatic heterocycles. The first-order valence-electron chi connectivity index (χ1n) is 27.2. The summed E-state index contributed by atoms with van der Waals surface area (Å²) in [5.74, 6) is 1.27. The van der Waals surface area contributed by atoms with Crippen LogP contribution in [0.15, 0.2) is 72.8 Å². The zero-order chi connectivity index (χ0) is 58.4. The number of benzene rings is 3. The Morgan fingerprint density at radius 3 is 2.26 bits per heavy atom. The Bertz CT molecular complexity index is 3240. The Morgan fingerprint density at radius 1 is 0.827 bits per heavy atom. The van der Waals surface area contributed by atoms with Crippen molar-refractivity contribution in [3.63, 3.8) is 0 Å². The number of imide groups is 2.